The molecule has 0 atom stereocenters. The molecule has 2 aromatic rings. The molecule has 0 fully saturated rings. The van der Waals surface area contributed by atoms with Crippen molar-refractivity contribution in [1.29, 1.82) is 0 Å². The van der Waals surface area contributed by atoms with Gasteiger partial charge in [0.05, 0.1) is 25.3 Å². The van der Waals surface area contributed by atoms with Crippen LogP contribution in [0.25, 0.3) is 0 Å². The second kappa shape index (κ2) is 8.64. The molecule has 0 aromatic carbocycles. The fourth-order valence-electron chi connectivity index (χ4n) is 1.64. The standard InChI is InChI=1S/C15H19N3O3S2/c1-10(2)8-21-15(20)18-14-17-11(9-23-14)6-13(19)16-7-12-4-3-5-22-12/h3-5,9-10H,6-8H2,1-2H3,(H,16,19)(H,17,18,20). The Morgan fingerprint density at radius 2 is 2.17 bits per heavy atom. The number of rotatable bonds is 7. The summed E-state index contributed by atoms with van der Waals surface area (Å²) in [6.45, 7) is 4.80. The zero-order valence-electron chi connectivity index (χ0n) is 13.0. The number of hydrogen-bond donors (Lipinski definition) is 2. The summed E-state index contributed by atoms with van der Waals surface area (Å²) in [5.74, 6) is 0.178. The topological polar surface area (TPSA) is 80.3 Å². The number of carbonyl (C=O) groups is 2. The van der Waals surface area contributed by atoms with Crippen LogP contribution in [-0.2, 0) is 22.5 Å². The van der Waals surface area contributed by atoms with Gasteiger partial charge >= 0.3 is 6.09 Å². The van der Waals surface area contributed by atoms with Gasteiger partial charge in [0.2, 0.25) is 5.91 Å². The van der Waals surface area contributed by atoms with Crippen LogP contribution in [0.3, 0.4) is 0 Å². The van der Waals surface area contributed by atoms with Crippen LogP contribution in [0.2, 0.25) is 0 Å². The lowest BCUT2D eigenvalue weighted by Crippen LogP contribution is -2.24. The number of thiazole rings is 1. The molecule has 0 aliphatic rings. The molecule has 2 heterocycles. The first-order valence-corrected chi connectivity index (χ1v) is 8.96. The number of ether oxygens (including phenoxy) is 1. The summed E-state index contributed by atoms with van der Waals surface area (Å²) in [6.07, 6.45) is -0.341. The molecule has 6 nitrogen and oxygen atoms in total. The maximum absolute atomic E-state index is 11.9. The number of amides is 2. The van der Waals surface area contributed by atoms with Gasteiger partial charge in [-0.15, -0.1) is 22.7 Å². The van der Waals surface area contributed by atoms with Crippen molar-refractivity contribution >= 4 is 39.8 Å². The molecule has 0 spiro atoms. The third-order valence-electron chi connectivity index (χ3n) is 2.69. The van der Waals surface area contributed by atoms with E-state index in [2.05, 4.69) is 15.6 Å². The van der Waals surface area contributed by atoms with Crippen LogP contribution in [-0.4, -0.2) is 23.6 Å². The molecule has 0 bridgehead atoms. The molecule has 0 saturated carbocycles. The van der Waals surface area contributed by atoms with E-state index < -0.39 is 6.09 Å². The number of nitrogens with one attached hydrogen (secondary N) is 2. The minimum Gasteiger partial charge on any atom is -0.449 e. The number of anilines is 1. The number of carbonyl (C=O) groups excluding carboxylic acids is 2. The Morgan fingerprint density at radius 3 is 2.87 bits per heavy atom. The lowest BCUT2D eigenvalue weighted by Gasteiger charge is -2.06. The fraction of sp³-hybridized carbons (Fsp3) is 0.400. The van der Waals surface area contributed by atoms with E-state index >= 15 is 0 Å². The first-order chi connectivity index (χ1) is 11.0. The first kappa shape index (κ1) is 17.4. The number of hydrogen-bond acceptors (Lipinski definition) is 6. The van der Waals surface area contributed by atoms with Gasteiger partial charge in [-0.1, -0.05) is 19.9 Å². The van der Waals surface area contributed by atoms with Gasteiger partial charge in [0.25, 0.3) is 0 Å². The lowest BCUT2D eigenvalue weighted by molar-refractivity contribution is -0.120. The second-order valence-corrected chi connectivity index (χ2v) is 7.18. The van der Waals surface area contributed by atoms with Crippen molar-refractivity contribution in [2.24, 2.45) is 5.92 Å². The summed E-state index contributed by atoms with van der Waals surface area (Å²) in [4.78, 5) is 28.7. The van der Waals surface area contributed by atoms with Crippen LogP contribution in [0.15, 0.2) is 22.9 Å². The minimum atomic E-state index is -0.526. The molecular formula is C15H19N3O3S2. The van der Waals surface area contributed by atoms with Gasteiger partial charge < -0.3 is 10.1 Å². The highest BCUT2D eigenvalue weighted by Gasteiger charge is 2.11. The molecule has 0 unspecified atom stereocenters. The number of nitrogens with zero attached hydrogens (tertiary/aromatic N) is 1. The van der Waals surface area contributed by atoms with Crippen LogP contribution < -0.4 is 10.6 Å². The summed E-state index contributed by atoms with van der Waals surface area (Å²) in [7, 11) is 0. The van der Waals surface area contributed by atoms with Gasteiger partial charge in [-0.2, -0.15) is 0 Å². The van der Waals surface area contributed by atoms with Crippen molar-refractivity contribution in [3.05, 3.63) is 33.5 Å². The van der Waals surface area contributed by atoms with Crippen LogP contribution in [0.4, 0.5) is 9.93 Å². The van der Waals surface area contributed by atoms with Crippen LogP contribution in [0.1, 0.15) is 24.4 Å². The summed E-state index contributed by atoms with van der Waals surface area (Å²) < 4.78 is 5.02. The maximum Gasteiger partial charge on any atom is 0.413 e. The maximum atomic E-state index is 11.9. The van der Waals surface area contributed by atoms with Gasteiger partial charge in [0, 0.05) is 10.3 Å². The van der Waals surface area contributed by atoms with E-state index in [-0.39, 0.29) is 18.2 Å². The quantitative estimate of drug-likeness (QED) is 0.800. The smallest absolute Gasteiger partial charge is 0.413 e. The molecule has 124 valence electrons. The van der Waals surface area contributed by atoms with Crippen molar-refractivity contribution in [3.8, 4) is 0 Å². The van der Waals surface area contributed by atoms with E-state index in [4.69, 9.17) is 4.74 Å². The van der Waals surface area contributed by atoms with Gasteiger partial charge in [-0.25, -0.2) is 9.78 Å². The molecular weight excluding hydrogens is 334 g/mol. The van der Waals surface area contributed by atoms with Crippen molar-refractivity contribution in [2.75, 3.05) is 11.9 Å². The van der Waals surface area contributed by atoms with E-state index in [0.29, 0.717) is 24.0 Å². The average Bonchev–Trinajstić information content (AvgIpc) is 3.15. The van der Waals surface area contributed by atoms with Gasteiger partial charge in [-0.3, -0.25) is 10.1 Å². The third kappa shape index (κ3) is 6.37. The summed E-state index contributed by atoms with van der Waals surface area (Å²) in [5.41, 5.74) is 0.623. The Labute approximate surface area is 142 Å². The van der Waals surface area contributed by atoms with Gasteiger partial charge in [-0.05, 0) is 17.4 Å². The minimum absolute atomic E-state index is 0.0994. The summed E-state index contributed by atoms with van der Waals surface area (Å²) >= 11 is 2.87. The van der Waals surface area contributed by atoms with Gasteiger partial charge in [0.1, 0.15) is 0 Å². The molecule has 2 aromatic heterocycles. The van der Waals surface area contributed by atoms with Crippen molar-refractivity contribution in [2.45, 2.75) is 26.8 Å². The molecule has 0 radical (unpaired) electrons. The Kier molecular flexibility index (Phi) is 6.54. The third-order valence-corrected chi connectivity index (χ3v) is 4.37. The molecule has 8 heteroatoms. The predicted octanol–water partition coefficient (Wildman–Crippen LogP) is 3.27. The average molecular weight is 353 g/mol. The molecule has 0 saturated heterocycles. The van der Waals surface area contributed by atoms with Crippen LogP contribution >= 0.6 is 22.7 Å². The Bertz CT molecular complexity index is 638. The van der Waals surface area contributed by atoms with Crippen molar-refractivity contribution in [1.82, 2.24) is 10.3 Å². The fourth-order valence-corrected chi connectivity index (χ4v) is 2.98. The second-order valence-electron chi connectivity index (χ2n) is 5.29. The predicted molar refractivity (Wildman–Crippen MR) is 91.8 cm³/mol. The molecule has 0 aliphatic heterocycles. The molecule has 2 amide bonds. The van der Waals surface area contributed by atoms with Gasteiger partial charge in [0.15, 0.2) is 5.13 Å². The zero-order chi connectivity index (χ0) is 16.7. The Balaban J connectivity index is 1.75. The van der Waals surface area contributed by atoms with Crippen LogP contribution in [0, 0.1) is 5.92 Å². The SMILES string of the molecule is CC(C)COC(=O)Nc1nc(CC(=O)NCc2cccs2)cs1. The van der Waals surface area contributed by atoms with Crippen molar-refractivity contribution < 1.29 is 14.3 Å². The van der Waals surface area contributed by atoms with E-state index in [1.165, 1.54) is 11.3 Å². The first-order valence-electron chi connectivity index (χ1n) is 7.20. The molecule has 2 N–H and O–H groups in total. The normalized spacial score (nSPS) is 10.6. The van der Waals surface area contributed by atoms with Crippen LogP contribution in [0.5, 0.6) is 0 Å². The van der Waals surface area contributed by atoms with E-state index in [0.717, 1.165) is 4.88 Å². The number of aromatic nitrogens is 1. The highest BCUT2D eigenvalue weighted by molar-refractivity contribution is 7.13. The highest BCUT2D eigenvalue weighted by atomic mass is 32.1. The largest absolute Gasteiger partial charge is 0.449 e. The van der Waals surface area contributed by atoms with E-state index in [1.54, 1.807) is 16.7 Å². The summed E-state index contributed by atoms with van der Waals surface area (Å²) in [6, 6.07) is 3.92. The molecule has 2 rings (SSSR count). The lowest BCUT2D eigenvalue weighted by atomic mass is 10.2. The van der Waals surface area contributed by atoms with Crippen molar-refractivity contribution in [3.63, 3.8) is 0 Å². The Morgan fingerprint density at radius 1 is 1.35 bits per heavy atom. The molecule has 23 heavy (non-hydrogen) atoms. The molecule has 0 aliphatic carbocycles. The summed E-state index contributed by atoms with van der Waals surface area (Å²) in [5, 5.41) is 9.56. The Hall–Kier alpha value is -1.93. The van der Waals surface area contributed by atoms with E-state index in [1.807, 2.05) is 31.4 Å². The zero-order valence-corrected chi connectivity index (χ0v) is 14.6. The monoisotopic (exact) mass is 353 g/mol. The highest BCUT2D eigenvalue weighted by Crippen LogP contribution is 2.16. The van der Waals surface area contributed by atoms with E-state index in [9.17, 15) is 9.59 Å². The number of thiophene rings is 1.